The maximum Gasteiger partial charge on any atom is 0.456 e. The van der Waals surface area contributed by atoms with Gasteiger partial charge in [0.05, 0.1) is 5.69 Å². The van der Waals surface area contributed by atoms with Crippen LogP contribution in [-0.4, -0.2) is 0 Å². The highest BCUT2D eigenvalue weighted by Gasteiger charge is 2.14. The highest BCUT2D eigenvalue weighted by Crippen LogP contribution is 2.23. The summed E-state index contributed by atoms with van der Waals surface area (Å²) in [5.74, 6) is 0. The lowest BCUT2D eigenvalue weighted by molar-refractivity contribution is -0.565. The van der Waals surface area contributed by atoms with Crippen LogP contribution in [0.2, 0.25) is 0 Å². The molecule has 6 heteroatoms. The highest BCUT2D eigenvalue weighted by molar-refractivity contribution is 5.86. The molecule has 0 aliphatic carbocycles. The molecule has 0 saturated carbocycles. The molecule has 0 fully saturated rings. The standard InChI is InChI=1S/C7H8N4O2/c8-3-1-4(9)6-5(2-3)13-7(10)11(6)12/h1-2H,8-10H2. The van der Waals surface area contributed by atoms with Gasteiger partial charge in [-0.05, 0) is 6.07 Å². The van der Waals surface area contributed by atoms with E-state index < -0.39 is 0 Å². The molecular weight excluding hydrogens is 172 g/mol. The molecule has 0 atom stereocenters. The van der Waals surface area contributed by atoms with Crippen LogP contribution in [0.15, 0.2) is 16.5 Å². The third kappa shape index (κ3) is 0.919. The zero-order valence-electron chi connectivity index (χ0n) is 6.65. The number of oxazole rings is 1. The third-order valence-electron chi connectivity index (χ3n) is 1.74. The maximum atomic E-state index is 11.2. The summed E-state index contributed by atoms with van der Waals surface area (Å²) in [6.45, 7) is 0. The molecule has 1 aromatic carbocycles. The minimum absolute atomic E-state index is 0.215. The lowest BCUT2D eigenvalue weighted by Crippen LogP contribution is -2.28. The van der Waals surface area contributed by atoms with Gasteiger partial charge in [0.2, 0.25) is 0 Å². The van der Waals surface area contributed by atoms with Crippen molar-refractivity contribution < 1.29 is 9.15 Å². The SMILES string of the molecule is Nc1cc(N)c2c(c1)oc(N)[n+]2[O-]. The van der Waals surface area contributed by atoms with E-state index in [0.29, 0.717) is 16.0 Å². The second kappa shape index (κ2) is 2.19. The number of hydrogen-bond acceptors (Lipinski definition) is 5. The summed E-state index contributed by atoms with van der Waals surface area (Å²) in [6, 6.07) is 2.73. The first kappa shape index (κ1) is 7.53. The summed E-state index contributed by atoms with van der Waals surface area (Å²) in [6.07, 6.45) is 0. The van der Waals surface area contributed by atoms with Crippen LogP contribution in [0.25, 0.3) is 11.1 Å². The molecule has 0 amide bonds. The molecule has 1 aromatic heterocycles. The molecule has 68 valence electrons. The summed E-state index contributed by atoms with van der Waals surface area (Å²) in [5.41, 5.74) is 17.5. The van der Waals surface area contributed by atoms with Crippen molar-refractivity contribution in [3.63, 3.8) is 0 Å². The summed E-state index contributed by atoms with van der Waals surface area (Å²) < 4.78 is 5.36. The van der Waals surface area contributed by atoms with E-state index in [9.17, 15) is 5.21 Å². The lowest BCUT2D eigenvalue weighted by Gasteiger charge is -2.00. The van der Waals surface area contributed by atoms with Gasteiger partial charge in [0.15, 0.2) is 11.1 Å². The van der Waals surface area contributed by atoms with Crippen molar-refractivity contribution in [1.82, 2.24) is 0 Å². The van der Waals surface area contributed by atoms with Crippen LogP contribution >= 0.6 is 0 Å². The Hall–Kier alpha value is -2.11. The van der Waals surface area contributed by atoms with Crippen molar-refractivity contribution in [3.8, 4) is 0 Å². The van der Waals surface area contributed by atoms with Gasteiger partial charge in [-0.1, -0.05) is 0 Å². The molecule has 0 unspecified atom stereocenters. The zero-order valence-corrected chi connectivity index (χ0v) is 6.65. The van der Waals surface area contributed by atoms with Crippen LogP contribution < -0.4 is 21.9 Å². The topological polar surface area (TPSA) is 118 Å². The first-order valence-corrected chi connectivity index (χ1v) is 3.56. The normalized spacial score (nSPS) is 10.8. The van der Waals surface area contributed by atoms with E-state index >= 15 is 0 Å². The molecule has 6 nitrogen and oxygen atoms in total. The van der Waals surface area contributed by atoms with Gasteiger partial charge in [-0.25, -0.2) is 0 Å². The molecule has 6 N–H and O–H groups in total. The number of aromatic nitrogens is 1. The molecule has 0 aliphatic heterocycles. The minimum atomic E-state index is -0.243. The Labute approximate surface area is 73.1 Å². The van der Waals surface area contributed by atoms with E-state index in [2.05, 4.69) is 0 Å². The van der Waals surface area contributed by atoms with Gasteiger partial charge in [-0.2, -0.15) is 4.73 Å². The first-order chi connectivity index (χ1) is 6.09. The fourth-order valence-corrected chi connectivity index (χ4v) is 1.21. The quantitative estimate of drug-likeness (QED) is 0.295. The van der Waals surface area contributed by atoms with E-state index in [4.69, 9.17) is 21.6 Å². The van der Waals surface area contributed by atoms with Crippen LogP contribution in [0.3, 0.4) is 0 Å². The van der Waals surface area contributed by atoms with Gasteiger partial charge in [0, 0.05) is 11.8 Å². The van der Waals surface area contributed by atoms with Crippen LogP contribution in [0.1, 0.15) is 0 Å². The number of nitrogens with zero attached hydrogens (tertiary/aromatic N) is 1. The van der Waals surface area contributed by atoms with Crippen LogP contribution in [0.5, 0.6) is 0 Å². The molecule has 0 spiro atoms. The largest absolute Gasteiger partial charge is 0.708 e. The second-order valence-electron chi connectivity index (χ2n) is 2.69. The Bertz CT molecular complexity index is 477. The Morgan fingerprint density at radius 1 is 1.23 bits per heavy atom. The van der Waals surface area contributed by atoms with E-state index in [1.165, 1.54) is 12.1 Å². The van der Waals surface area contributed by atoms with Crippen molar-refractivity contribution in [2.45, 2.75) is 0 Å². The molecule has 1 heterocycles. The van der Waals surface area contributed by atoms with E-state index in [1.54, 1.807) is 0 Å². The fourth-order valence-electron chi connectivity index (χ4n) is 1.21. The smallest absolute Gasteiger partial charge is 0.456 e. The summed E-state index contributed by atoms with van der Waals surface area (Å²) in [7, 11) is 0. The number of benzene rings is 1. The third-order valence-corrected chi connectivity index (χ3v) is 1.74. The number of nitrogens with two attached hydrogens (primary N) is 3. The van der Waals surface area contributed by atoms with Crippen molar-refractivity contribution in [3.05, 3.63) is 17.3 Å². The average molecular weight is 180 g/mol. The number of hydrogen-bond donors (Lipinski definition) is 3. The molecule has 0 radical (unpaired) electrons. The molecule has 2 rings (SSSR count). The Kier molecular flexibility index (Phi) is 1.27. The van der Waals surface area contributed by atoms with Gasteiger partial charge in [-0.3, -0.25) is 5.73 Å². The van der Waals surface area contributed by atoms with Crippen molar-refractivity contribution in [2.75, 3.05) is 17.2 Å². The van der Waals surface area contributed by atoms with Crippen LogP contribution in [0, 0.1) is 5.21 Å². The summed E-state index contributed by atoms with van der Waals surface area (Å²) in [5, 5.41) is 11.2. The van der Waals surface area contributed by atoms with E-state index in [0.717, 1.165) is 0 Å². The average Bonchev–Trinajstić information content (AvgIpc) is 2.27. The molecule has 0 aliphatic rings. The summed E-state index contributed by atoms with van der Waals surface area (Å²) in [4.78, 5) is 0. The monoisotopic (exact) mass is 180 g/mol. The van der Waals surface area contributed by atoms with Gasteiger partial charge >= 0.3 is 6.01 Å². The van der Waals surface area contributed by atoms with Crippen LogP contribution in [-0.2, 0) is 0 Å². The maximum absolute atomic E-state index is 11.2. The molecule has 2 aromatic rings. The second-order valence-corrected chi connectivity index (χ2v) is 2.69. The number of fused-ring (bicyclic) bond motifs is 1. The minimum Gasteiger partial charge on any atom is -0.708 e. The van der Waals surface area contributed by atoms with Gasteiger partial charge < -0.3 is 21.1 Å². The van der Waals surface area contributed by atoms with E-state index in [1.807, 2.05) is 0 Å². The Morgan fingerprint density at radius 3 is 2.62 bits per heavy atom. The molecule has 0 bridgehead atoms. The van der Waals surface area contributed by atoms with Crippen LogP contribution in [0.4, 0.5) is 17.4 Å². The van der Waals surface area contributed by atoms with Gasteiger partial charge in [0.1, 0.15) is 0 Å². The highest BCUT2D eigenvalue weighted by atomic mass is 16.5. The number of rotatable bonds is 0. The molecular formula is C7H8N4O2. The number of anilines is 3. The predicted octanol–water partition coefficient (Wildman–Crippen LogP) is -0.187. The van der Waals surface area contributed by atoms with Crippen molar-refractivity contribution >= 4 is 28.5 Å². The van der Waals surface area contributed by atoms with Crippen molar-refractivity contribution in [2.24, 2.45) is 0 Å². The fraction of sp³-hybridized carbons (Fsp3) is 0. The molecule has 13 heavy (non-hydrogen) atoms. The predicted molar refractivity (Wildman–Crippen MR) is 48.4 cm³/mol. The van der Waals surface area contributed by atoms with Gasteiger partial charge in [0.25, 0.3) is 0 Å². The van der Waals surface area contributed by atoms with Crippen molar-refractivity contribution in [1.29, 1.82) is 0 Å². The lowest BCUT2D eigenvalue weighted by atomic mass is 10.2. The first-order valence-electron chi connectivity index (χ1n) is 3.56. The Morgan fingerprint density at radius 2 is 1.92 bits per heavy atom. The summed E-state index contributed by atoms with van der Waals surface area (Å²) >= 11 is 0. The Balaban J connectivity index is 2.94. The van der Waals surface area contributed by atoms with E-state index in [-0.39, 0.29) is 17.2 Å². The van der Waals surface area contributed by atoms with Gasteiger partial charge in [-0.15, -0.1) is 0 Å². The zero-order chi connectivity index (χ0) is 9.59. The molecule has 0 saturated heterocycles. The number of nitrogen functional groups attached to an aromatic ring is 3.